The quantitative estimate of drug-likeness (QED) is 0.801. The minimum atomic E-state index is -0.762. The monoisotopic (exact) mass is 291 g/mol. The number of hydrogen-bond acceptors (Lipinski definition) is 3. The van der Waals surface area contributed by atoms with Gasteiger partial charge in [-0.2, -0.15) is 0 Å². The Balaban J connectivity index is 3.08. The van der Waals surface area contributed by atoms with Crippen LogP contribution in [0.25, 0.3) is 0 Å². The summed E-state index contributed by atoms with van der Waals surface area (Å²) in [5, 5.41) is 0. The van der Waals surface area contributed by atoms with E-state index in [0.717, 1.165) is 17.4 Å². The van der Waals surface area contributed by atoms with E-state index in [2.05, 4.69) is 10.7 Å². The summed E-state index contributed by atoms with van der Waals surface area (Å²) in [5.41, 5.74) is 0.123. The summed E-state index contributed by atoms with van der Waals surface area (Å²) in [7, 11) is 1.20. The first kappa shape index (κ1) is 16.7. The van der Waals surface area contributed by atoms with Crippen LogP contribution in [0.15, 0.2) is 18.2 Å². The SMILES string of the molecule is C#Cc1ccc(C(=O)N(CC(C)CC)C(=O)OC)cc1F. The van der Waals surface area contributed by atoms with Gasteiger partial charge in [-0.3, -0.25) is 4.79 Å². The van der Waals surface area contributed by atoms with E-state index in [1.807, 2.05) is 13.8 Å². The van der Waals surface area contributed by atoms with Crippen LogP contribution in [0.3, 0.4) is 0 Å². The second-order valence-electron chi connectivity index (χ2n) is 4.74. The number of rotatable bonds is 4. The number of carbonyl (C=O) groups excluding carboxylic acids is 2. The molecule has 1 rings (SSSR count). The third kappa shape index (κ3) is 4.06. The van der Waals surface area contributed by atoms with E-state index < -0.39 is 17.8 Å². The maximum absolute atomic E-state index is 13.7. The van der Waals surface area contributed by atoms with Crippen molar-refractivity contribution in [3.05, 3.63) is 35.1 Å². The van der Waals surface area contributed by atoms with Crippen LogP contribution in [-0.4, -0.2) is 30.6 Å². The molecule has 0 N–H and O–H groups in total. The first-order valence-electron chi connectivity index (χ1n) is 6.60. The molecule has 0 aromatic heterocycles. The van der Waals surface area contributed by atoms with Crippen molar-refractivity contribution in [3.63, 3.8) is 0 Å². The Morgan fingerprint density at radius 2 is 2.14 bits per heavy atom. The minimum Gasteiger partial charge on any atom is -0.452 e. The number of carbonyl (C=O) groups is 2. The summed E-state index contributed by atoms with van der Waals surface area (Å²) in [5.74, 6) is 1.01. The lowest BCUT2D eigenvalue weighted by molar-refractivity contribution is 0.0680. The Hall–Kier alpha value is -2.35. The Kier molecular flexibility index (Phi) is 5.92. The van der Waals surface area contributed by atoms with Crippen LogP contribution in [0.2, 0.25) is 0 Å². The highest BCUT2D eigenvalue weighted by atomic mass is 19.1. The Labute approximate surface area is 123 Å². The molecule has 1 unspecified atom stereocenters. The topological polar surface area (TPSA) is 46.6 Å². The van der Waals surface area contributed by atoms with Crippen molar-refractivity contribution >= 4 is 12.0 Å². The van der Waals surface area contributed by atoms with E-state index >= 15 is 0 Å². The van der Waals surface area contributed by atoms with Crippen molar-refractivity contribution in [2.45, 2.75) is 20.3 Å². The number of terminal acetylenes is 1. The van der Waals surface area contributed by atoms with Gasteiger partial charge < -0.3 is 4.74 Å². The number of hydrogen-bond donors (Lipinski definition) is 0. The van der Waals surface area contributed by atoms with Crippen LogP contribution in [-0.2, 0) is 4.74 Å². The van der Waals surface area contributed by atoms with Gasteiger partial charge in [0.05, 0.1) is 12.7 Å². The molecule has 0 bridgehead atoms. The van der Waals surface area contributed by atoms with Gasteiger partial charge in [-0.05, 0) is 24.1 Å². The second kappa shape index (κ2) is 7.44. The molecule has 1 aromatic rings. The fourth-order valence-corrected chi connectivity index (χ4v) is 1.71. The highest BCUT2D eigenvalue weighted by Gasteiger charge is 2.25. The van der Waals surface area contributed by atoms with Crippen molar-refractivity contribution in [2.24, 2.45) is 5.92 Å². The predicted molar refractivity (Wildman–Crippen MR) is 77.2 cm³/mol. The van der Waals surface area contributed by atoms with E-state index in [0.29, 0.717) is 0 Å². The van der Waals surface area contributed by atoms with Crippen LogP contribution < -0.4 is 0 Å². The summed E-state index contributed by atoms with van der Waals surface area (Å²) in [6.45, 7) is 4.07. The van der Waals surface area contributed by atoms with Gasteiger partial charge in [-0.15, -0.1) is 6.42 Å². The Morgan fingerprint density at radius 1 is 1.48 bits per heavy atom. The number of nitrogens with zero attached hydrogens (tertiary/aromatic N) is 1. The van der Waals surface area contributed by atoms with Crippen LogP contribution in [0.1, 0.15) is 36.2 Å². The molecule has 4 nitrogen and oxygen atoms in total. The summed E-state index contributed by atoms with van der Waals surface area (Å²) in [6, 6.07) is 3.76. The largest absolute Gasteiger partial charge is 0.452 e. The average Bonchev–Trinajstić information content (AvgIpc) is 2.50. The third-order valence-electron chi connectivity index (χ3n) is 3.20. The standard InChI is InChI=1S/C16H18FNO3/c1-5-11(3)10-18(16(20)21-4)15(19)13-8-7-12(6-2)14(17)9-13/h2,7-9,11H,5,10H2,1,3-4H3. The molecule has 0 aliphatic carbocycles. The maximum atomic E-state index is 13.7. The molecule has 0 saturated heterocycles. The molecule has 0 heterocycles. The fourth-order valence-electron chi connectivity index (χ4n) is 1.71. The first-order chi connectivity index (χ1) is 9.94. The summed E-state index contributed by atoms with van der Waals surface area (Å²) >= 11 is 0. The van der Waals surface area contributed by atoms with E-state index in [1.54, 1.807) is 0 Å². The summed E-state index contributed by atoms with van der Waals surface area (Å²) in [4.78, 5) is 25.1. The molecule has 0 spiro atoms. The lowest BCUT2D eigenvalue weighted by Gasteiger charge is -2.22. The van der Waals surface area contributed by atoms with Gasteiger partial charge in [0.25, 0.3) is 5.91 Å². The van der Waals surface area contributed by atoms with E-state index in [-0.39, 0.29) is 23.6 Å². The maximum Gasteiger partial charge on any atom is 0.416 e. The zero-order valence-corrected chi connectivity index (χ0v) is 12.4. The number of imide groups is 1. The molecule has 5 heteroatoms. The highest BCUT2D eigenvalue weighted by Crippen LogP contribution is 2.14. The van der Waals surface area contributed by atoms with Gasteiger partial charge in [-0.25, -0.2) is 14.1 Å². The van der Waals surface area contributed by atoms with Gasteiger partial charge in [0.2, 0.25) is 0 Å². The molecule has 112 valence electrons. The molecule has 0 fully saturated rings. The zero-order valence-electron chi connectivity index (χ0n) is 12.4. The Morgan fingerprint density at radius 3 is 2.62 bits per heavy atom. The molecular formula is C16H18FNO3. The summed E-state index contributed by atoms with van der Waals surface area (Å²) < 4.78 is 18.3. The smallest absolute Gasteiger partial charge is 0.416 e. The van der Waals surface area contributed by atoms with Gasteiger partial charge in [0.15, 0.2) is 0 Å². The van der Waals surface area contributed by atoms with E-state index in [9.17, 15) is 14.0 Å². The van der Waals surface area contributed by atoms with Crippen LogP contribution in [0.4, 0.5) is 9.18 Å². The molecule has 0 saturated carbocycles. The number of ether oxygens (including phenoxy) is 1. The second-order valence-corrected chi connectivity index (χ2v) is 4.74. The number of benzene rings is 1. The molecule has 21 heavy (non-hydrogen) atoms. The zero-order chi connectivity index (χ0) is 16.0. The van der Waals surface area contributed by atoms with Gasteiger partial charge in [0, 0.05) is 12.1 Å². The first-order valence-corrected chi connectivity index (χ1v) is 6.60. The van der Waals surface area contributed by atoms with Crippen LogP contribution in [0.5, 0.6) is 0 Å². The molecule has 1 aromatic carbocycles. The van der Waals surface area contributed by atoms with Crippen molar-refractivity contribution in [3.8, 4) is 12.3 Å². The molecule has 0 aliphatic heterocycles. The van der Waals surface area contributed by atoms with Gasteiger partial charge >= 0.3 is 6.09 Å². The lowest BCUT2D eigenvalue weighted by Crippen LogP contribution is -2.39. The minimum absolute atomic E-state index is 0.0557. The van der Waals surface area contributed by atoms with Crippen LogP contribution >= 0.6 is 0 Å². The molecule has 0 radical (unpaired) electrons. The van der Waals surface area contributed by atoms with Crippen molar-refractivity contribution in [2.75, 3.05) is 13.7 Å². The molecule has 2 amide bonds. The normalized spacial score (nSPS) is 11.4. The van der Waals surface area contributed by atoms with Crippen molar-refractivity contribution in [1.82, 2.24) is 4.90 Å². The third-order valence-corrected chi connectivity index (χ3v) is 3.20. The predicted octanol–water partition coefficient (Wildman–Crippen LogP) is 3.06. The van der Waals surface area contributed by atoms with E-state index in [1.165, 1.54) is 19.2 Å². The molecule has 1 atom stereocenters. The average molecular weight is 291 g/mol. The van der Waals surface area contributed by atoms with Gasteiger partial charge in [0.1, 0.15) is 5.82 Å². The van der Waals surface area contributed by atoms with Crippen molar-refractivity contribution < 1.29 is 18.7 Å². The molecular weight excluding hydrogens is 273 g/mol. The molecule has 0 aliphatic rings. The Bertz CT molecular complexity index is 577. The van der Waals surface area contributed by atoms with Gasteiger partial charge in [-0.1, -0.05) is 26.2 Å². The van der Waals surface area contributed by atoms with Crippen LogP contribution in [0, 0.1) is 24.1 Å². The fraction of sp³-hybridized carbons (Fsp3) is 0.375. The number of methoxy groups -OCH3 is 1. The highest BCUT2D eigenvalue weighted by molar-refractivity contribution is 6.03. The lowest BCUT2D eigenvalue weighted by atomic mass is 10.1. The van der Waals surface area contributed by atoms with Crippen molar-refractivity contribution in [1.29, 1.82) is 0 Å². The summed E-state index contributed by atoms with van der Waals surface area (Å²) in [6.07, 6.45) is 5.17. The number of halogens is 1. The number of amides is 2. The van der Waals surface area contributed by atoms with E-state index in [4.69, 9.17) is 6.42 Å².